The van der Waals surface area contributed by atoms with Gasteiger partial charge >= 0.3 is 0 Å². The number of hydrogen-bond acceptors (Lipinski definition) is 4. The minimum atomic E-state index is -0.145. The molecule has 0 aromatic heterocycles. The molecule has 1 saturated heterocycles. The summed E-state index contributed by atoms with van der Waals surface area (Å²) in [6, 6.07) is 23.2. The average molecular weight is 449 g/mol. The summed E-state index contributed by atoms with van der Waals surface area (Å²) in [6.07, 6.45) is 2.83. The Balaban J connectivity index is 1.40. The molecule has 1 heterocycles. The van der Waals surface area contributed by atoms with Crippen molar-refractivity contribution in [3.05, 3.63) is 99.4 Å². The Labute approximate surface area is 191 Å². The largest absolute Gasteiger partial charge is 0.489 e. The molecule has 0 bridgehead atoms. The molecule has 6 heteroatoms. The van der Waals surface area contributed by atoms with E-state index < -0.39 is 0 Å². The number of aryl methyl sites for hydroxylation is 1. The topological polar surface area (TPSA) is 50.7 Å². The number of carbonyl (C=O) groups excluding carboxylic acids is 1. The molecule has 1 aliphatic rings. The smallest absolute Gasteiger partial charge is 0.264 e. The van der Waals surface area contributed by atoms with E-state index in [4.69, 9.17) is 16.3 Å². The van der Waals surface area contributed by atoms with Crippen molar-refractivity contribution in [3.63, 3.8) is 0 Å². The minimum absolute atomic E-state index is 0.145. The Hall–Kier alpha value is -3.02. The van der Waals surface area contributed by atoms with Crippen LogP contribution in [0.5, 0.6) is 5.75 Å². The molecular weight excluding hydrogens is 428 g/mol. The summed E-state index contributed by atoms with van der Waals surface area (Å²) in [7, 11) is 0. The van der Waals surface area contributed by atoms with Gasteiger partial charge in [-0.1, -0.05) is 61.0 Å². The molecule has 0 unspecified atom stereocenters. The van der Waals surface area contributed by atoms with Crippen molar-refractivity contribution in [1.82, 2.24) is 5.32 Å². The zero-order valence-corrected chi connectivity index (χ0v) is 18.5. The summed E-state index contributed by atoms with van der Waals surface area (Å²) in [5, 5.41) is 4.10. The lowest BCUT2D eigenvalue weighted by molar-refractivity contribution is -0.115. The highest BCUT2D eigenvalue weighted by atomic mass is 35.5. The number of halogens is 1. The SMILES string of the molecule is CCc1ccc(N=C2NC(=O)C(=Cc3ccc(OCc4ccccc4Cl)cc3)S2)cc1. The van der Waals surface area contributed by atoms with E-state index in [1.165, 1.54) is 17.3 Å². The standard InChI is InChI=1S/C25H21ClN2O2S/c1-2-17-7-11-20(12-8-17)27-25-28-24(29)23(31-25)15-18-9-13-21(14-10-18)30-16-19-5-3-4-6-22(19)26/h3-15H,2,16H2,1H3,(H,27,28,29). The van der Waals surface area contributed by atoms with Gasteiger partial charge in [0.1, 0.15) is 12.4 Å². The lowest BCUT2D eigenvalue weighted by atomic mass is 10.2. The van der Waals surface area contributed by atoms with E-state index >= 15 is 0 Å². The third-order valence-corrected chi connectivity index (χ3v) is 6.03. The number of amides is 1. The summed E-state index contributed by atoms with van der Waals surface area (Å²) in [5.74, 6) is 0.594. The van der Waals surface area contributed by atoms with Crippen molar-refractivity contribution in [2.75, 3.05) is 0 Å². The molecular formula is C25H21ClN2O2S. The van der Waals surface area contributed by atoms with Gasteiger partial charge in [-0.3, -0.25) is 4.79 Å². The van der Waals surface area contributed by atoms with Gasteiger partial charge in [0.05, 0.1) is 10.6 Å². The second-order valence-electron chi connectivity index (χ2n) is 6.95. The Morgan fingerprint density at radius 2 is 1.77 bits per heavy atom. The van der Waals surface area contributed by atoms with Gasteiger partial charge in [0.15, 0.2) is 5.17 Å². The fourth-order valence-corrected chi connectivity index (χ4v) is 4.02. The van der Waals surface area contributed by atoms with Crippen LogP contribution >= 0.6 is 23.4 Å². The molecule has 1 aliphatic heterocycles. The maximum absolute atomic E-state index is 12.3. The zero-order chi connectivity index (χ0) is 21.6. The highest BCUT2D eigenvalue weighted by Gasteiger charge is 2.23. The Bertz CT molecular complexity index is 1140. The van der Waals surface area contributed by atoms with Crippen LogP contribution in [0.3, 0.4) is 0 Å². The van der Waals surface area contributed by atoms with Crippen LogP contribution in [-0.2, 0) is 17.8 Å². The summed E-state index contributed by atoms with van der Waals surface area (Å²) in [5.41, 5.74) is 3.93. The van der Waals surface area contributed by atoms with E-state index in [1.807, 2.05) is 78.9 Å². The van der Waals surface area contributed by atoms with Gasteiger partial charge in [0, 0.05) is 10.6 Å². The molecule has 0 aliphatic carbocycles. The molecule has 31 heavy (non-hydrogen) atoms. The van der Waals surface area contributed by atoms with Gasteiger partial charge in [0.25, 0.3) is 5.91 Å². The quantitative estimate of drug-likeness (QED) is 0.445. The monoisotopic (exact) mass is 448 g/mol. The van der Waals surface area contributed by atoms with Crippen LogP contribution in [0.25, 0.3) is 6.08 Å². The Kier molecular flexibility index (Phi) is 6.75. The summed E-state index contributed by atoms with van der Waals surface area (Å²) in [4.78, 5) is 17.5. The van der Waals surface area contributed by atoms with E-state index in [0.29, 0.717) is 21.7 Å². The van der Waals surface area contributed by atoms with E-state index in [2.05, 4.69) is 17.2 Å². The summed E-state index contributed by atoms with van der Waals surface area (Å²) < 4.78 is 5.81. The minimum Gasteiger partial charge on any atom is -0.489 e. The van der Waals surface area contributed by atoms with Crippen LogP contribution in [0, 0.1) is 0 Å². The first kappa shape index (κ1) is 21.2. The maximum Gasteiger partial charge on any atom is 0.264 e. The molecule has 3 aromatic carbocycles. The van der Waals surface area contributed by atoms with Crippen LogP contribution < -0.4 is 10.1 Å². The summed E-state index contributed by atoms with van der Waals surface area (Å²) in [6.45, 7) is 2.51. The highest BCUT2D eigenvalue weighted by molar-refractivity contribution is 8.18. The predicted octanol–water partition coefficient (Wildman–Crippen LogP) is 6.37. The number of hydrogen-bond donors (Lipinski definition) is 1. The molecule has 156 valence electrons. The van der Waals surface area contributed by atoms with Gasteiger partial charge in [0.2, 0.25) is 0 Å². The molecule has 1 fully saturated rings. The first-order chi connectivity index (χ1) is 15.1. The normalized spacial score (nSPS) is 16.0. The third-order valence-electron chi connectivity index (χ3n) is 4.76. The van der Waals surface area contributed by atoms with Crippen molar-refractivity contribution in [1.29, 1.82) is 0 Å². The Morgan fingerprint density at radius 3 is 2.48 bits per heavy atom. The predicted molar refractivity (Wildman–Crippen MR) is 129 cm³/mol. The van der Waals surface area contributed by atoms with Crippen LogP contribution in [-0.4, -0.2) is 11.1 Å². The zero-order valence-electron chi connectivity index (χ0n) is 17.0. The van der Waals surface area contributed by atoms with Gasteiger partial charge in [-0.15, -0.1) is 0 Å². The number of carbonyl (C=O) groups is 1. The van der Waals surface area contributed by atoms with E-state index in [0.717, 1.165) is 29.0 Å². The van der Waals surface area contributed by atoms with Gasteiger partial charge in [-0.25, -0.2) is 4.99 Å². The van der Waals surface area contributed by atoms with E-state index in [-0.39, 0.29) is 5.91 Å². The number of nitrogens with zero attached hydrogens (tertiary/aromatic N) is 1. The lowest BCUT2D eigenvalue weighted by Gasteiger charge is -2.08. The Morgan fingerprint density at radius 1 is 1.03 bits per heavy atom. The van der Waals surface area contributed by atoms with Gasteiger partial charge in [-0.2, -0.15) is 0 Å². The molecule has 0 spiro atoms. The van der Waals surface area contributed by atoms with Gasteiger partial charge < -0.3 is 10.1 Å². The molecule has 3 aromatic rings. The average Bonchev–Trinajstić information content (AvgIpc) is 3.13. The van der Waals surface area contributed by atoms with Crippen LogP contribution in [0.2, 0.25) is 5.02 Å². The van der Waals surface area contributed by atoms with E-state index in [1.54, 1.807) is 0 Å². The molecule has 0 saturated carbocycles. The number of rotatable bonds is 6. The molecule has 1 N–H and O–H groups in total. The van der Waals surface area contributed by atoms with Crippen molar-refractivity contribution in [2.24, 2.45) is 4.99 Å². The number of benzene rings is 3. The van der Waals surface area contributed by atoms with Gasteiger partial charge in [-0.05, 0) is 65.7 Å². The third kappa shape index (κ3) is 5.57. The highest BCUT2D eigenvalue weighted by Crippen LogP contribution is 2.28. The van der Waals surface area contributed by atoms with Crippen molar-refractivity contribution >= 4 is 46.2 Å². The molecule has 1 amide bonds. The first-order valence-electron chi connectivity index (χ1n) is 9.95. The van der Waals surface area contributed by atoms with E-state index in [9.17, 15) is 4.79 Å². The maximum atomic E-state index is 12.3. The second kappa shape index (κ2) is 9.86. The second-order valence-corrected chi connectivity index (χ2v) is 8.39. The number of amidine groups is 1. The fraction of sp³-hybridized carbons (Fsp3) is 0.120. The molecule has 0 radical (unpaired) electrons. The fourth-order valence-electron chi connectivity index (χ4n) is 2.99. The van der Waals surface area contributed by atoms with Crippen LogP contribution in [0.4, 0.5) is 5.69 Å². The molecule has 0 atom stereocenters. The number of aliphatic imine (C=N–C) groups is 1. The van der Waals surface area contributed by atoms with Crippen LogP contribution in [0.15, 0.2) is 82.7 Å². The number of thioether (sulfide) groups is 1. The number of nitrogens with one attached hydrogen (secondary N) is 1. The first-order valence-corrected chi connectivity index (χ1v) is 11.1. The summed E-state index contributed by atoms with van der Waals surface area (Å²) >= 11 is 7.50. The van der Waals surface area contributed by atoms with Crippen molar-refractivity contribution in [2.45, 2.75) is 20.0 Å². The number of ether oxygens (including phenoxy) is 1. The van der Waals surface area contributed by atoms with Crippen LogP contribution in [0.1, 0.15) is 23.6 Å². The van der Waals surface area contributed by atoms with Crippen molar-refractivity contribution < 1.29 is 9.53 Å². The lowest BCUT2D eigenvalue weighted by Crippen LogP contribution is -2.19. The molecule has 4 nitrogen and oxygen atoms in total. The molecule has 4 rings (SSSR count). The van der Waals surface area contributed by atoms with Crippen molar-refractivity contribution in [3.8, 4) is 5.75 Å².